The Morgan fingerprint density at radius 1 is 1.06 bits per heavy atom. The largest absolute Gasteiger partial charge is 0.292 e. The normalized spacial score (nSPS) is 25.8. The molecule has 3 aliphatic heterocycles. The van der Waals surface area contributed by atoms with E-state index in [1.54, 1.807) is 42.5 Å². The summed E-state index contributed by atoms with van der Waals surface area (Å²) < 4.78 is 0. The quantitative estimate of drug-likeness (QED) is 0.306. The average molecular weight is 451 g/mol. The molecule has 5 rings (SSSR count). The van der Waals surface area contributed by atoms with E-state index in [4.69, 9.17) is 11.6 Å². The van der Waals surface area contributed by atoms with Crippen LogP contribution in [0.25, 0.3) is 0 Å². The number of ketones is 1. The number of Topliss-reactive ketones (excluding diaryl/α,β-unsaturated/α-hetero) is 1. The van der Waals surface area contributed by atoms with Crippen molar-refractivity contribution in [2.45, 2.75) is 12.1 Å². The Bertz CT molecular complexity index is 1230. The van der Waals surface area contributed by atoms with E-state index in [-0.39, 0.29) is 22.2 Å². The second kappa shape index (κ2) is 7.38. The van der Waals surface area contributed by atoms with Crippen LogP contribution in [-0.2, 0) is 9.59 Å². The summed E-state index contributed by atoms with van der Waals surface area (Å²) in [5.41, 5.74) is 0.0301. The van der Waals surface area contributed by atoms with Crippen LogP contribution in [0.5, 0.6) is 0 Å². The van der Waals surface area contributed by atoms with E-state index in [2.05, 4.69) is 5.10 Å². The SMILES string of the molecule is O=C(c1ccccc1)[C@@H]1[C@@H]2C(=O)N(c3cc([N+](=O)[O-])ccc3Cl)C(=O)[C@H]2[C@@H]2C=CC=NN12. The van der Waals surface area contributed by atoms with E-state index in [1.807, 2.05) is 0 Å². The van der Waals surface area contributed by atoms with E-state index >= 15 is 0 Å². The highest BCUT2D eigenvalue weighted by Crippen LogP contribution is 2.47. The summed E-state index contributed by atoms with van der Waals surface area (Å²) in [7, 11) is 0. The predicted octanol–water partition coefficient (Wildman–Crippen LogP) is 2.85. The maximum Gasteiger partial charge on any atom is 0.271 e. The fraction of sp³-hybridized carbons (Fsp3) is 0.182. The number of imide groups is 1. The summed E-state index contributed by atoms with van der Waals surface area (Å²) in [6.07, 6.45) is 4.90. The first kappa shape index (κ1) is 20.1. The van der Waals surface area contributed by atoms with Gasteiger partial charge in [-0.05, 0) is 12.1 Å². The third-order valence-electron chi connectivity index (χ3n) is 6.00. The third-order valence-corrected chi connectivity index (χ3v) is 6.32. The first-order chi connectivity index (χ1) is 15.4. The van der Waals surface area contributed by atoms with Gasteiger partial charge in [0.1, 0.15) is 6.04 Å². The minimum Gasteiger partial charge on any atom is -0.292 e. The first-order valence-corrected chi connectivity index (χ1v) is 10.2. The number of non-ortho nitro benzene ring substituents is 1. The number of nitrogens with zero attached hydrogens (tertiary/aromatic N) is 4. The summed E-state index contributed by atoms with van der Waals surface area (Å²) >= 11 is 6.22. The number of nitro benzene ring substituents is 1. The number of carbonyl (C=O) groups excluding carboxylic acids is 3. The summed E-state index contributed by atoms with van der Waals surface area (Å²) in [5.74, 6) is -3.40. The van der Waals surface area contributed by atoms with Crippen molar-refractivity contribution in [3.63, 3.8) is 0 Å². The Morgan fingerprint density at radius 3 is 2.50 bits per heavy atom. The number of allylic oxidation sites excluding steroid dienone is 1. The number of hydrogen-bond acceptors (Lipinski definition) is 7. The summed E-state index contributed by atoms with van der Waals surface area (Å²) in [4.78, 5) is 51.9. The number of benzene rings is 2. The molecule has 0 saturated carbocycles. The standard InChI is InChI=1S/C22H15ClN4O5/c23-14-9-8-13(27(31)32)11-16(14)25-21(29)17-15-7-4-10-24-26(15)19(18(17)22(25)30)20(28)12-5-2-1-3-6-12/h1-11,15,17-19H/t15-,17-,18+,19-/m0/s1. The van der Waals surface area contributed by atoms with Gasteiger partial charge in [0.05, 0.1) is 33.5 Å². The van der Waals surface area contributed by atoms with Gasteiger partial charge in [-0.2, -0.15) is 5.10 Å². The first-order valence-electron chi connectivity index (χ1n) is 9.80. The van der Waals surface area contributed by atoms with Gasteiger partial charge in [0.15, 0.2) is 5.78 Å². The fourth-order valence-electron chi connectivity index (χ4n) is 4.63. The van der Waals surface area contributed by atoms with Gasteiger partial charge in [-0.25, -0.2) is 4.90 Å². The minimum atomic E-state index is -1.00. The predicted molar refractivity (Wildman–Crippen MR) is 115 cm³/mol. The number of nitro groups is 1. The van der Waals surface area contributed by atoms with Gasteiger partial charge < -0.3 is 0 Å². The zero-order valence-electron chi connectivity index (χ0n) is 16.4. The number of carbonyl (C=O) groups is 3. The molecule has 2 aromatic carbocycles. The van der Waals surface area contributed by atoms with Crippen molar-refractivity contribution in [1.82, 2.24) is 5.01 Å². The Labute approximate surface area is 186 Å². The Morgan fingerprint density at radius 2 is 1.78 bits per heavy atom. The van der Waals surface area contributed by atoms with E-state index in [0.717, 1.165) is 11.0 Å². The molecular formula is C22H15ClN4O5. The van der Waals surface area contributed by atoms with Crippen molar-refractivity contribution in [2.75, 3.05) is 4.90 Å². The van der Waals surface area contributed by atoms with Gasteiger partial charge in [0.2, 0.25) is 11.8 Å². The molecule has 2 saturated heterocycles. The number of hydrazone groups is 1. The molecule has 0 unspecified atom stereocenters. The Hall–Kier alpha value is -3.85. The van der Waals surface area contributed by atoms with Gasteiger partial charge in [-0.15, -0.1) is 0 Å². The Kier molecular flexibility index (Phi) is 4.63. The second-order valence-corrected chi connectivity index (χ2v) is 8.06. The molecule has 2 amide bonds. The van der Waals surface area contributed by atoms with E-state index < -0.39 is 40.7 Å². The van der Waals surface area contributed by atoms with Crippen LogP contribution in [0.4, 0.5) is 11.4 Å². The molecule has 3 heterocycles. The highest BCUT2D eigenvalue weighted by molar-refractivity contribution is 6.36. The summed E-state index contributed by atoms with van der Waals surface area (Å²) in [5, 5.41) is 17.0. The van der Waals surface area contributed by atoms with Crippen molar-refractivity contribution in [2.24, 2.45) is 16.9 Å². The van der Waals surface area contributed by atoms with Gasteiger partial charge in [-0.3, -0.25) is 29.5 Å². The van der Waals surface area contributed by atoms with Crippen LogP contribution in [0, 0.1) is 22.0 Å². The number of amides is 2. The van der Waals surface area contributed by atoms with Crippen LogP contribution in [0.15, 0.2) is 65.8 Å². The van der Waals surface area contributed by atoms with Crippen LogP contribution in [0.3, 0.4) is 0 Å². The lowest BCUT2D eigenvalue weighted by molar-refractivity contribution is -0.384. The number of halogens is 1. The maximum absolute atomic E-state index is 13.5. The van der Waals surface area contributed by atoms with E-state index in [1.165, 1.54) is 23.4 Å². The number of rotatable bonds is 4. The molecule has 2 fully saturated rings. The van der Waals surface area contributed by atoms with Crippen LogP contribution in [0.2, 0.25) is 5.02 Å². The van der Waals surface area contributed by atoms with Gasteiger partial charge >= 0.3 is 0 Å². The molecule has 3 aliphatic rings. The van der Waals surface area contributed by atoms with Gasteiger partial charge in [-0.1, -0.05) is 48.0 Å². The summed E-state index contributed by atoms with van der Waals surface area (Å²) in [6, 6.07) is 10.5. The van der Waals surface area contributed by atoms with Gasteiger partial charge in [0.25, 0.3) is 5.69 Å². The maximum atomic E-state index is 13.5. The number of anilines is 1. The highest BCUT2D eigenvalue weighted by Gasteiger charge is 2.64. The van der Waals surface area contributed by atoms with Crippen molar-refractivity contribution >= 4 is 46.8 Å². The molecule has 0 aromatic heterocycles. The molecule has 0 bridgehead atoms. The van der Waals surface area contributed by atoms with E-state index in [9.17, 15) is 24.5 Å². The smallest absolute Gasteiger partial charge is 0.271 e. The molecule has 160 valence electrons. The lowest BCUT2D eigenvalue weighted by Crippen LogP contribution is -2.46. The molecule has 2 aromatic rings. The van der Waals surface area contributed by atoms with Crippen LogP contribution < -0.4 is 4.90 Å². The van der Waals surface area contributed by atoms with E-state index in [0.29, 0.717) is 5.56 Å². The second-order valence-electron chi connectivity index (χ2n) is 7.65. The molecule has 10 heteroatoms. The van der Waals surface area contributed by atoms with Crippen molar-refractivity contribution in [3.8, 4) is 0 Å². The molecule has 0 aliphatic carbocycles. The molecule has 32 heavy (non-hydrogen) atoms. The fourth-order valence-corrected chi connectivity index (χ4v) is 4.84. The zero-order chi connectivity index (χ0) is 22.6. The lowest BCUT2D eigenvalue weighted by Gasteiger charge is -2.30. The zero-order valence-corrected chi connectivity index (χ0v) is 17.1. The third kappa shape index (κ3) is 2.85. The molecule has 4 atom stereocenters. The van der Waals surface area contributed by atoms with Crippen LogP contribution in [0.1, 0.15) is 10.4 Å². The molecule has 0 spiro atoms. The Balaban J connectivity index is 1.60. The van der Waals surface area contributed by atoms with Crippen molar-refractivity contribution in [1.29, 1.82) is 0 Å². The topological polar surface area (TPSA) is 113 Å². The minimum absolute atomic E-state index is 0.0253. The monoisotopic (exact) mass is 450 g/mol. The van der Waals surface area contributed by atoms with Gasteiger partial charge in [0, 0.05) is 23.9 Å². The molecule has 9 nitrogen and oxygen atoms in total. The number of hydrogen-bond donors (Lipinski definition) is 0. The molecular weight excluding hydrogens is 436 g/mol. The van der Waals surface area contributed by atoms with Crippen LogP contribution >= 0.6 is 11.6 Å². The highest BCUT2D eigenvalue weighted by atomic mass is 35.5. The van der Waals surface area contributed by atoms with Crippen molar-refractivity contribution < 1.29 is 19.3 Å². The summed E-state index contributed by atoms with van der Waals surface area (Å²) in [6.45, 7) is 0. The molecule has 0 N–H and O–H groups in total. The number of fused-ring (bicyclic) bond motifs is 3. The average Bonchev–Trinajstić information content (AvgIpc) is 3.27. The lowest BCUT2D eigenvalue weighted by atomic mass is 9.86. The van der Waals surface area contributed by atoms with Crippen molar-refractivity contribution in [3.05, 3.63) is 81.4 Å². The molecule has 0 radical (unpaired) electrons. The van der Waals surface area contributed by atoms with Crippen LogP contribution in [-0.4, -0.2) is 45.8 Å².